The highest BCUT2D eigenvalue weighted by Gasteiger charge is 2.25. The summed E-state index contributed by atoms with van der Waals surface area (Å²) in [7, 11) is 0. The summed E-state index contributed by atoms with van der Waals surface area (Å²) in [6.07, 6.45) is 5.85. The highest BCUT2D eigenvalue weighted by Crippen LogP contribution is 2.28. The number of carbonyl (C=O) groups is 1. The quantitative estimate of drug-likeness (QED) is 0.866. The van der Waals surface area contributed by atoms with Crippen LogP contribution in [0.25, 0.3) is 11.0 Å². The van der Waals surface area contributed by atoms with E-state index in [2.05, 4.69) is 21.0 Å². The molecule has 1 aromatic carbocycles. The lowest BCUT2D eigenvalue weighted by atomic mass is 10.0. The molecule has 0 atom stereocenters. The number of fused-ring (bicyclic) bond motifs is 1. The Balaban J connectivity index is 1.30. The first-order valence-corrected chi connectivity index (χ1v) is 9.13. The standard InChI is InChI=1S/C19H25N3O2/c23-19(13-15-5-1-2-6-15)22-11-9-21(10-12-22)14-17-16-7-3-4-8-18(16)24-20-17/h3-4,7-8,15H,1-2,5-6,9-14H2. The number of para-hydroxylation sites is 1. The maximum absolute atomic E-state index is 12.4. The average Bonchev–Trinajstić information content (AvgIpc) is 3.26. The summed E-state index contributed by atoms with van der Waals surface area (Å²) in [6, 6.07) is 7.99. The third kappa shape index (κ3) is 3.31. The minimum Gasteiger partial charge on any atom is -0.356 e. The third-order valence-corrected chi connectivity index (χ3v) is 5.49. The Morgan fingerprint density at radius 2 is 1.88 bits per heavy atom. The number of piperazine rings is 1. The van der Waals surface area contributed by atoms with Crippen LogP contribution in [0.15, 0.2) is 28.8 Å². The van der Waals surface area contributed by atoms with Crippen LogP contribution in [0.3, 0.4) is 0 Å². The molecule has 2 heterocycles. The van der Waals surface area contributed by atoms with E-state index in [0.717, 1.165) is 55.8 Å². The molecular formula is C19H25N3O2. The summed E-state index contributed by atoms with van der Waals surface area (Å²) in [5.41, 5.74) is 1.84. The Kier molecular flexibility index (Phi) is 4.52. The number of amides is 1. The van der Waals surface area contributed by atoms with Crippen LogP contribution in [0.5, 0.6) is 0 Å². The summed E-state index contributed by atoms with van der Waals surface area (Å²) in [6.45, 7) is 4.29. The van der Waals surface area contributed by atoms with Crippen molar-refractivity contribution in [1.29, 1.82) is 0 Å². The van der Waals surface area contributed by atoms with Crippen molar-refractivity contribution in [3.63, 3.8) is 0 Å². The zero-order valence-electron chi connectivity index (χ0n) is 14.1. The van der Waals surface area contributed by atoms with Crippen LogP contribution in [0.1, 0.15) is 37.8 Å². The van der Waals surface area contributed by atoms with Crippen LogP contribution >= 0.6 is 0 Å². The number of rotatable bonds is 4. The average molecular weight is 327 g/mol. The van der Waals surface area contributed by atoms with Crippen LogP contribution in [-0.2, 0) is 11.3 Å². The number of nitrogens with zero attached hydrogens (tertiary/aromatic N) is 3. The van der Waals surface area contributed by atoms with E-state index in [-0.39, 0.29) is 0 Å². The van der Waals surface area contributed by atoms with E-state index in [0.29, 0.717) is 11.8 Å². The zero-order chi connectivity index (χ0) is 16.4. The summed E-state index contributed by atoms with van der Waals surface area (Å²) in [5.74, 6) is 0.991. The number of hydrogen-bond acceptors (Lipinski definition) is 4. The molecule has 24 heavy (non-hydrogen) atoms. The van der Waals surface area contributed by atoms with Gasteiger partial charge in [-0.1, -0.05) is 30.1 Å². The molecule has 2 aromatic rings. The predicted octanol–water partition coefficient (Wildman–Crippen LogP) is 3.05. The molecule has 5 heteroatoms. The monoisotopic (exact) mass is 327 g/mol. The van der Waals surface area contributed by atoms with Crippen molar-refractivity contribution in [2.75, 3.05) is 26.2 Å². The second-order valence-electron chi connectivity index (χ2n) is 7.14. The van der Waals surface area contributed by atoms with Crippen molar-refractivity contribution in [3.8, 4) is 0 Å². The van der Waals surface area contributed by atoms with Gasteiger partial charge < -0.3 is 9.42 Å². The van der Waals surface area contributed by atoms with Crippen molar-refractivity contribution in [1.82, 2.24) is 15.0 Å². The Hall–Kier alpha value is -1.88. The molecular weight excluding hydrogens is 302 g/mol. The van der Waals surface area contributed by atoms with Gasteiger partial charge in [0.2, 0.25) is 5.91 Å². The molecule has 1 saturated heterocycles. The highest BCUT2D eigenvalue weighted by molar-refractivity contribution is 5.79. The lowest BCUT2D eigenvalue weighted by Gasteiger charge is -2.34. The molecule has 0 bridgehead atoms. The maximum atomic E-state index is 12.4. The fraction of sp³-hybridized carbons (Fsp3) is 0.579. The van der Waals surface area contributed by atoms with Crippen molar-refractivity contribution in [2.45, 2.75) is 38.6 Å². The molecule has 128 valence electrons. The Morgan fingerprint density at radius 1 is 1.12 bits per heavy atom. The molecule has 5 nitrogen and oxygen atoms in total. The van der Waals surface area contributed by atoms with E-state index < -0.39 is 0 Å². The largest absolute Gasteiger partial charge is 0.356 e. The van der Waals surface area contributed by atoms with Gasteiger partial charge in [-0.05, 0) is 30.9 Å². The predicted molar refractivity (Wildman–Crippen MR) is 92.4 cm³/mol. The van der Waals surface area contributed by atoms with Gasteiger partial charge >= 0.3 is 0 Å². The molecule has 1 saturated carbocycles. The molecule has 0 unspecified atom stereocenters. The Bertz CT molecular complexity index is 697. The van der Waals surface area contributed by atoms with Crippen LogP contribution in [0.2, 0.25) is 0 Å². The van der Waals surface area contributed by atoms with Gasteiger partial charge in [-0.25, -0.2) is 0 Å². The number of carbonyl (C=O) groups excluding carboxylic acids is 1. The normalized spacial score (nSPS) is 20.1. The first-order valence-electron chi connectivity index (χ1n) is 9.13. The smallest absolute Gasteiger partial charge is 0.222 e. The second-order valence-corrected chi connectivity index (χ2v) is 7.14. The van der Waals surface area contributed by atoms with Gasteiger partial charge in [0.05, 0.1) is 0 Å². The first kappa shape index (κ1) is 15.6. The van der Waals surface area contributed by atoms with E-state index in [9.17, 15) is 4.79 Å². The molecule has 2 fully saturated rings. The van der Waals surface area contributed by atoms with E-state index >= 15 is 0 Å². The van der Waals surface area contributed by atoms with Gasteiger partial charge in [-0.3, -0.25) is 9.69 Å². The van der Waals surface area contributed by atoms with Gasteiger partial charge in [-0.2, -0.15) is 0 Å². The van der Waals surface area contributed by atoms with Gasteiger partial charge in [0.15, 0.2) is 5.58 Å². The Labute approximate surface area is 142 Å². The fourth-order valence-corrected chi connectivity index (χ4v) is 4.01. The molecule has 4 rings (SSSR count). The molecule has 0 radical (unpaired) electrons. The molecule has 1 amide bonds. The molecule has 2 aliphatic rings. The first-order chi connectivity index (χ1) is 11.8. The zero-order valence-corrected chi connectivity index (χ0v) is 14.1. The minimum absolute atomic E-state index is 0.355. The van der Waals surface area contributed by atoms with Crippen molar-refractivity contribution in [3.05, 3.63) is 30.0 Å². The highest BCUT2D eigenvalue weighted by atomic mass is 16.5. The minimum atomic E-state index is 0.355. The van der Waals surface area contributed by atoms with E-state index in [4.69, 9.17) is 4.52 Å². The topological polar surface area (TPSA) is 49.6 Å². The third-order valence-electron chi connectivity index (χ3n) is 5.49. The van der Waals surface area contributed by atoms with Crippen LogP contribution < -0.4 is 0 Å². The van der Waals surface area contributed by atoms with Gasteiger partial charge in [0.25, 0.3) is 0 Å². The van der Waals surface area contributed by atoms with Crippen LogP contribution in [-0.4, -0.2) is 47.0 Å². The van der Waals surface area contributed by atoms with Crippen LogP contribution in [0, 0.1) is 5.92 Å². The molecule has 0 N–H and O–H groups in total. The molecule has 1 aliphatic heterocycles. The second kappa shape index (κ2) is 6.93. The lowest BCUT2D eigenvalue weighted by molar-refractivity contribution is -0.134. The van der Waals surface area contributed by atoms with Crippen molar-refractivity contribution < 1.29 is 9.32 Å². The summed E-state index contributed by atoms with van der Waals surface area (Å²) in [5, 5.41) is 5.31. The summed E-state index contributed by atoms with van der Waals surface area (Å²) in [4.78, 5) is 16.8. The number of aromatic nitrogens is 1. The van der Waals surface area contributed by atoms with E-state index in [1.165, 1.54) is 25.7 Å². The van der Waals surface area contributed by atoms with Crippen molar-refractivity contribution >= 4 is 16.9 Å². The van der Waals surface area contributed by atoms with Gasteiger partial charge in [0, 0.05) is 44.5 Å². The van der Waals surface area contributed by atoms with E-state index in [1.807, 2.05) is 18.2 Å². The SMILES string of the molecule is O=C(CC1CCCC1)N1CCN(Cc2noc3ccccc23)CC1. The summed E-state index contributed by atoms with van der Waals surface area (Å²) >= 11 is 0. The van der Waals surface area contributed by atoms with Gasteiger partial charge in [-0.15, -0.1) is 0 Å². The van der Waals surface area contributed by atoms with Crippen molar-refractivity contribution in [2.24, 2.45) is 5.92 Å². The van der Waals surface area contributed by atoms with Gasteiger partial charge in [0.1, 0.15) is 5.69 Å². The fourth-order valence-electron chi connectivity index (χ4n) is 4.01. The van der Waals surface area contributed by atoms with Crippen LogP contribution in [0.4, 0.5) is 0 Å². The molecule has 0 spiro atoms. The maximum Gasteiger partial charge on any atom is 0.222 e. The molecule has 1 aromatic heterocycles. The Morgan fingerprint density at radius 3 is 2.67 bits per heavy atom. The summed E-state index contributed by atoms with van der Waals surface area (Å²) < 4.78 is 5.38. The molecule has 1 aliphatic carbocycles. The van der Waals surface area contributed by atoms with E-state index in [1.54, 1.807) is 0 Å². The number of benzene rings is 1. The number of hydrogen-bond donors (Lipinski definition) is 0. The lowest BCUT2D eigenvalue weighted by Crippen LogP contribution is -2.48.